The van der Waals surface area contributed by atoms with Crippen molar-refractivity contribution in [2.75, 3.05) is 0 Å². The monoisotopic (exact) mass is 400 g/mol. The Kier molecular flexibility index (Phi) is 4.21. The zero-order chi connectivity index (χ0) is 20.7. The van der Waals surface area contributed by atoms with E-state index in [1.807, 2.05) is 18.2 Å². The van der Waals surface area contributed by atoms with Crippen LogP contribution in [0.5, 0.6) is 0 Å². The first-order valence-corrected chi connectivity index (χ1v) is 9.33. The molecule has 0 saturated carbocycles. The van der Waals surface area contributed by atoms with Crippen molar-refractivity contribution in [3.63, 3.8) is 0 Å². The molecular weight excluding hydrogens is 384 g/mol. The van der Waals surface area contributed by atoms with Crippen LogP contribution >= 0.6 is 0 Å². The number of carbonyl (C=O) groups is 2. The van der Waals surface area contributed by atoms with Gasteiger partial charge in [-0.05, 0) is 35.9 Å². The molecule has 0 bridgehead atoms. The second kappa shape index (κ2) is 7.04. The Morgan fingerprint density at radius 1 is 1.13 bits per heavy atom. The highest BCUT2D eigenvalue weighted by Crippen LogP contribution is 2.40. The third-order valence-electron chi connectivity index (χ3n) is 5.09. The number of aromatic nitrogens is 1. The summed E-state index contributed by atoms with van der Waals surface area (Å²) in [6.45, 7) is 0.152. The standard InChI is InChI=1S/C23H16N2O5/c26-21(18-11-15-6-1-2-7-16(15)30-18)19-20(17-8-4-10-29-17)25(23(28)22(19)27)13-14-5-3-9-24-12-14/h1-12,20,27H,13H2. The van der Waals surface area contributed by atoms with Crippen molar-refractivity contribution in [2.45, 2.75) is 12.6 Å². The Morgan fingerprint density at radius 2 is 2.00 bits per heavy atom. The largest absolute Gasteiger partial charge is 0.503 e. The highest BCUT2D eigenvalue weighted by Gasteiger charge is 2.45. The number of carbonyl (C=O) groups excluding carboxylic acids is 2. The minimum absolute atomic E-state index is 0.0466. The fourth-order valence-electron chi connectivity index (χ4n) is 3.71. The molecule has 4 heterocycles. The highest BCUT2D eigenvalue weighted by atomic mass is 16.3. The maximum atomic E-state index is 13.3. The lowest BCUT2D eigenvalue weighted by atomic mass is 9.99. The summed E-state index contributed by atoms with van der Waals surface area (Å²) in [4.78, 5) is 31.7. The Balaban J connectivity index is 1.58. The second-order valence-corrected chi connectivity index (χ2v) is 6.95. The number of hydrogen-bond donors (Lipinski definition) is 1. The third-order valence-corrected chi connectivity index (χ3v) is 5.09. The first-order valence-electron chi connectivity index (χ1n) is 9.33. The molecule has 0 fully saturated rings. The van der Waals surface area contributed by atoms with Crippen LogP contribution in [0.3, 0.4) is 0 Å². The van der Waals surface area contributed by atoms with E-state index in [0.29, 0.717) is 11.3 Å². The summed E-state index contributed by atoms with van der Waals surface area (Å²) in [6, 6.07) is 14.8. The first-order chi connectivity index (χ1) is 14.6. The van der Waals surface area contributed by atoms with E-state index in [2.05, 4.69) is 4.98 Å². The number of ketones is 1. The summed E-state index contributed by atoms with van der Waals surface area (Å²) < 4.78 is 11.2. The van der Waals surface area contributed by atoms with Crippen LogP contribution in [0.15, 0.2) is 93.4 Å². The molecule has 5 rings (SSSR count). The maximum Gasteiger partial charge on any atom is 0.290 e. The lowest BCUT2D eigenvalue weighted by Gasteiger charge is -2.24. The van der Waals surface area contributed by atoms with Gasteiger partial charge in [-0.25, -0.2) is 0 Å². The number of aliphatic hydroxyl groups is 1. The number of fused-ring (bicyclic) bond motifs is 1. The Bertz CT molecular complexity index is 1240. The molecule has 0 aliphatic carbocycles. The molecule has 0 saturated heterocycles. The molecule has 148 valence electrons. The number of para-hydroxylation sites is 1. The summed E-state index contributed by atoms with van der Waals surface area (Å²) in [6.07, 6.45) is 4.72. The van der Waals surface area contributed by atoms with Gasteiger partial charge in [0.15, 0.2) is 11.5 Å². The summed E-state index contributed by atoms with van der Waals surface area (Å²) in [5, 5.41) is 11.4. The van der Waals surface area contributed by atoms with Gasteiger partial charge in [0.25, 0.3) is 5.91 Å². The van der Waals surface area contributed by atoms with Gasteiger partial charge in [-0.2, -0.15) is 0 Å². The summed E-state index contributed by atoms with van der Waals surface area (Å²) in [5.41, 5.74) is 1.23. The Morgan fingerprint density at radius 3 is 2.73 bits per heavy atom. The van der Waals surface area contributed by atoms with Crippen LogP contribution in [0.2, 0.25) is 0 Å². The number of furan rings is 2. The molecule has 7 heteroatoms. The van der Waals surface area contributed by atoms with Gasteiger partial charge < -0.3 is 18.8 Å². The number of benzene rings is 1. The van der Waals surface area contributed by atoms with Crippen molar-refractivity contribution in [3.05, 3.63) is 102 Å². The van der Waals surface area contributed by atoms with Gasteiger partial charge in [-0.1, -0.05) is 24.3 Å². The van der Waals surface area contributed by atoms with Gasteiger partial charge in [0.05, 0.1) is 11.8 Å². The molecule has 1 aromatic carbocycles. The van der Waals surface area contributed by atoms with E-state index in [4.69, 9.17) is 8.83 Å². The Labute approximate surface area is 170 Å². The van der Waals surface area contributed by atoms with Crippen LogP contribution in [0, 0.1) is 0 Å². The smallest absolute Gasteiger partial charge is 0.290 e. The lowest BCUT2D eigenvalue weighted by molar-refractivity contribution is -0.130. The minimum atomic E-state index is -0.881. The summed E-state index contributed by atoms with van der Waals surface area (Å²) in [5.74, 6) is -1.40. The van der Waals surface area contributed by atoms with E-state index in [9.17, 15) is 14.7 Å². The molecule has 0 radical (unpaired) electrons. The highest BCUT2D eigenvalue weighted by molar-refractivity contribution is 6.15. The van der Waals surface area contributed by atoms with Crippen LogP contribution in [-0.2, 0) is 11.3 Å². The number of hydrogen-bond acceptors (Lipinski definition) is 6. The van der Waals surface area contributed by atoms with Crippen molar-refractivity contribution < 1.29 is 23.5 Å². The van der Waals surface area contributed by atoms with Crippen LogP contribution in [0.25, 0.3) is 11.0 Å². The van der Waals surface area contributed by atoms with Crippen molar-refractivity contribution in [1.82, 2.24) is 9.88 Å². The van der Waals surface area contributed by atoms with Gasteiger partial charge in [0.2, 0.25) is 5.78 Å². The quantitative estimate of drug-likeness (QED) is 0.504. The van der Waals surface area contributed by atoms with E-state index < -0.39 is 23.5 Å². The maximum absolute atomic E-state index is 13.3. The molecular formula is C23H16N2O5. The summed E-state index contributed by atoms with van der Waals surface area (Å²) >= 11 is 0. The van der Waals surface area contributed by atoms with Crippen molar-refractivity contribution in [1.29, 1.82) is 0 Å². The molecule has 7 nitrogen and oxygen atoms in total. The fourth-order valence-corrected chi connectivity index (χ4v) is 3.71. The van der Waals surface area contributed by atoms with Gasteiger partial charge >= 0.3 is 0 Å². The molecule has 1 amide bonds. The molecule has 1 atom stereocenters. The normalized spacial score (nSPS) is 16.6. The Hall–Kier alpha value is -4.13. The molecule has 3 aromatic heterocycles. The number of rotatable bonds is 5. The molecule has 1 N–H and O–H groups in total. The van der Waals surface area contributed by atoms with Crippen LogP contribution in [0.4, 0.5) is 0 Å². The predicted molar refractivity (Wildman–Crippen MR) is 106 cm³/mol. The third kappa shape index (κ3) is 2.88. The summed E-state index contributed by atoms with van der Waals surface area (Å²) in [7, 11) is 0. The number of amides is 1. The topological polar surface area (TPSA) is 96.8 Å². The van der Waals surface area contributed by atoms with Gasteiger partial charge in [-0.3, -0.25) is 14.6 Å². The van der Waals surface area contributed by atoms with Gasteiger partial charge in [-0.15, -0.1) is 0 Å². The van der Waals surface area contributed by atoms with Crippen molar-refractivity contribution >= 4 is 22.7 Å². The SMILES string of the molecule is O=C(C1=C(O)C(=O)N(Cc2cccnc2)C1c1ccco1)c1cc2ccccc2o1. The second-order valence-electron chi connectivity index (χ2n) is 6.95. The minimum Gasteiger partial charge on any atom is -0.503 e. The van der Waals surface area contributed by atoms with Crippen LogP contribution in [-0.4, -0.2) is 26.7 Å². The number of nitrogens with zero attached hydrogens (tertiary/aromatic N) is 2. The van der Waals surface area contributed by atoms with Crippen molar-refractivity contribution in [2.24, 2.45) is 0 Å². The molecule has 1 unspecified atom stereocenters. The number of pyridine rings is 1. The average molecular weight is 400 g/mol. The van der Waals surface area contributed by atoms with Gasteiger partial charge in [0.1, 0.15) is 17.4 Å². The van der Waals surface area contributed by atoms with Gasteiger partial charge in [0, 0.05) is 24.3 Å². The molecule has 1 aliphatic heterocycles. The van der Waals surface area contributed by atoms with Crippen LogP contribution in [0.1, 0.15) is 27.9 Å². The molecule has 0 spiro atoms. The number of aliphatic hydroxyl groups excluding tert-OH is 1. The molecule has 30 heavy (non-hydrogen) atoms. The van der Waals surface area contributed by atoms with E-state index in [1.165, 1.54) is 11.2 Å². The van der Waals surface area contributed by atoms with Crippen molar-refractivity contribution in [3.8, 4) is 0 Å². The zero-order valence-electron chi connectivity index (χ0n) is 15.7. The first kappa shape index (κ1) is 17.9. The van der Waals surface area contributed by atoms with E-state index >= 15 is 0 Å². The average Bonchev–Trinajstić information content (AvgIpc) is 3.49. The number of Topliss-reactive ketones (excluding diaryl/α,β-unsaturated/α-hetero) is 1. The van der Waals surface area contributed by atoms with E-state index in [-0.39, 0.29) is 17.9 Å². The lowest BCUT2D eigenvalue weighted by Crippen LogP contribution is -2.30. The van der Waals surface area contributed by atoms with Crippen LogP contribution < -0.4 is 0 Å². The van der Waals surface area contributed by atoms with E-state index in [0.717, 1.165) is 10.9 Å². The molecule has 1 aliphatic rings. The van der Waals surface area contributed by atoms with E-state index in [1.54, 1.807) is 48.8 Å². The molecule has 4 aromatic rings. The zero-order valence-corrected chi connectivity index (χ0v) is 15.7. The predicted octanol–water partition coefficient (Wildman–Crippen LogP) is 4.20. The fraction of sp³-hybridized carbons (Fsp3) is 0.0870.